The number of ether oxygens (including phenoxy) is 3. The van der Waals surface area contributed by atoms with Crippen LogP contribution in [0.3, 0.4) is 0 Å². The number of rotatable bonds is 5. The van der Waals surface area contributed by atoms with Crippen LogP contribution in [-0.2, 0) is 10.0 Å². The summed E-state index contributed by atoms with van der Waals surface area (Å²) in [5, 5.41) is 2.98. The van der Waals surface area contributed by atoms with E-state index in [1.54, 1.807) is 60.7 Å². The Bertz CT molecular complexity index is 1280. The first-order valence-electron chi connectivity index (χ1n) is 9.16. The Balaban J connectivity index is 1.56. The Morgan fingerprint density at radius 1 is 0.871 bits per heavy atom. The third-order valence-electron chi connectivity index (χ3n) is 4.53. The summed E-state index contributed by atoms with van der Waals surface area (Å²) >= 11 is 0. The molecule has 1 heterocycles. The maximum Gasteiger partial charge on any atom is 0.343 e. The first-order chi connectivity index (χ1) is 14.9. The van der Waals surface area contributed by atoms with E-state index in [9.17, 15) is 13.2 Å². The zero-order valence-electron chi connectivity index (χ0n) is 16.7. The van der Waals surface area contributed by atoms with E-state index in [1.807, 2.05) is 0 Å². The number of hydrogen-bond donors (Lipinski definition) is 1. The average Bonchev–Trinajstić information content (AvgIpc) is 3.03. The summed E-state index contributed by atoms with van der Waals surface area (Å²) in [6.07, 6.45) is 0. The quantitative estimate of drug-likeness (QED) is 0.480. The molecule has 0 bridgehead atoms. The van der Waals surface area contributed by atoms with Crippen LogP contribution in [0.25, 0.3) is 0 Å². The van der Waals surface area contributed by atoms with Gasteiger partial charge in [-0.2, -0.15) is 8.42 Å². The van der Waals surface area contributed by atoms with Gasteiger partial charge in [-0.05, 0) is 36.4 Å². The lowest BCUT2D eigenvalue weighted by molar-refractivity contribution is 0.0734. The van der Waals surface area contributed by atoms with E-state index >= 15 is 0 Å². The second-order valence-electron chi connectivity index (χ2n) is 6.55. The molecule has 0 saturated carbocycles. The molecule has 158 valence electrons. The molecule has 1 aliphatic heterocycles. The topological polar surface area (TPSA) is 103 Å². The minimum absolute atomic E-state index is 0.145. The Morgan fingerprint density at radius 2 is 1.58 bits per heavy atom. The predicted molar refractivity (Wildman–Crippen MR) is 115 cm³/mol. The van der Waals surface area contributed by atoms with Crippen LogP contribution in [0.4, 0.5) is 5.69 Å². The number of hydrogen-bond acceptors (Lipinski definition) is 7. The van der Waals surface area contributed by atoms with Crippen molar-refractivity contribution in [2.75, 3.05) is 19.5 Å². The molecular formula is C22H18N2O6S. The van der Waals surface area contributed by atoms with Crippen LogP contribution in [0.15, 0.2) is 76.0 Å². The Hall–Kier alpha value is -3.85. The lowest BCUT2D eigenvalue weighted by Gasteiger charge is -2.10. The number of benzene rings is 3. The summed E-state index contributed by atoms with van der Waals surface area (Å²) in [5.41, 5.74) is 1.25. The molecule has 0 aromatic heterocycles. The molecule has 3 aromatic rings. The molecule has 0 saturated heterocycles. The molecule has 0 spiro atoms. The third-order valence-corrected chi connectivity index (χ3v) is 5.86. The van der Waals surface area contributed by atoms with E-state index in [0.29, 0.717) is 22.7 Å². The number of fused-ring (bicyclic) bond motifs is 1. The highest BCUT2D eigenvalue weighted by molar-refractivity contribution is 7.90. The summed E-state index contributed by atoms with van der Waals surface area (Å²) in [5.74, 6) is 0.797. The highest BCUT2D eigenvalue weighted by Crippen LogP contribution is 2.28. The van der Waals surface area contributed by atoms with Crippen LogP contribution < -0.4 is 19.5 Å². The minimum Gasteiger partial charge on any atom is -0.497 e. The van der Waals surface area contributed by atoms with E-state index in [2.05, 4.69) is 9.71 Å². The average molecular weight is 438 g/mol. The smallest absolute Gasteiger partial charge is 0.343 e. The highest BCUT2D eigenvalue weighted by Gasteiger charge is 2.28. The van der Waals surface area contributed by atoms with Crippen molar-refractivity contribution in [3.8, 4) is 17.2 Å². The summed E-state index contributed by atoms with van der Waals surface area (Å²) in [4.78, 5) is 12.7. The number of nitrogens with one attached hydrogen (secondary N) is 1. The molecule has 0 amide bonds. The molecule has 0 atom stereocenters. The molecule has 0 fully saturated rings. The number of amidine groups is 1. The molecule has 4 rings (SSSR count). The number of nitrogens with zero attached hydrogens (tertiary/aromatic N) is 1. The molecule has 0 unspecified atom stereocenters. The summed E-state index contributed by atoms with van der Waals surface area (Å²) in [6, 6.07) is 17.9. The normalized spacial score (nSPS) is 13.7. The van der Waals surface area contributed by atoms with Gasteiger partial charge in [-0.3, -0.25) is 0 Å². The minimum atomic E-state index is -3.74. The van der Waals surface area contributed by atoms with Gasteiger partial charge in [0.1, 0.15) is 22.1 Å². The third kappa shape index (κ3) is 4.22. The Kier molecular flexibility index (Phi) is 5.35. The van der Waals surface area contributed by atoms with Gasteiger partial charge in [0.15, 0.2) is 5.84 Å². The van der Waals surface area contributed by atoms with Crippen molar-refractivity contribution in [1.29, 1.82) is 0 Å². The van der Waals surface area contributed by atoms with Crippen molar-refractivity contribution >= 4 is 27.5 Å². The van der Waals surface area contributed by atoms with Crippen LogP contribution >= 0.6 is 0 Å². The SMILES string of the molecule is COc1cc(OC)cc(C(=O)Oc2cccc(NC3=NS(=O)(=O)c4ccccc43)c2)c1. The molecular weight excluding hydrogens is 420 g/mol. The van der Waals surface area contributed by atoms with Gasteiger partial charge in [0.2, 0.25) is 0 Å². The van der Waals surface area contributed by atoms with Crippen LogP contribution in [0.1, 0.15) is 15.9 Å². The fourth-order valence-electron chi connectivity index (χ4n) is 3.06. The van der Waals surface area contributed by atoms with E-state index in [4.69, 9.17) is 14.2 Å². The van der Waals surface area contributed by atoms with Crippen molar-refractivity contribution in [2.45, 2.75) is 4.90 Å². The van der Waals surface area contributed by atoms with Crippen molar-refractivity contribution in [1.82, 2.24) is 0 Å². The maximum atomic E-state index is 12.6. The van der Waals surface area contributed by atoms with Gasteiger partial charge in [-0.1, -0.05) is 18.2 Å². The lowest BCUT2D eigenvalue weighted by atomic mass is 10.2. The fraction of sp³-hybridized carbons (Fsp3) is 0.0909. The summed E-state index contributed by atoms with van der Waals surface area (Å²) in [6.45, 7) is 0. The van der Waals surface area contributed by atoms with E-state index in [1.165, 1.54) is 20.3 Å². The highest BCUT2D eigenvalue weighted by atomic mass is 32.2. The van der Waals surface area contributed by atoms with Gasteiger partial charge in [-0.15, -0.1) is 4.40 Å². The van der Waals surface area contributed by atoms with Crippen LogP contribution in [-0.4, -0.2) is 34.4 Å². The number of carbonyl (C=O) groups excluding carboxylic acids is 1. The number of sulfonamides is 1. The Labute approximate surface area is 179 Å². The number of methoxy groups -OCH3 is 2. The largest absolute Gasteiger partial charge is 0.497 e. The molecule has 9 heteroatoms. The van der Waals surface area contributed by atoms with Crippen molar-refractivity contribution in [3.05, 3.63) is 77.9 Å². The zero-order valence-corrected chi connectivity index (χ0v) is 17.5. The van der Waals surface area contributed by atoms with Crippen LogP contribution in [0.5, 0.6) is 17.2 Å². The standard InChI is InChI=1S/C22H18N2O6S/c1-28-17-10-14(11-18(13-17)29-2)22(25)30-16-7-5-6-15(12-16)23-21-19-8-3-4-9-20(19)31(26,27)24-21/h3-13H,1-2H3,(H,23,24). The Morgan fingerprint density at radius 3 is 2.29 bits per heavy atom. The van der Waals surface area contributed by atoms with Crippen molar-refractivity contribution in [3.63, 3.8) is 0 Å². The molecule has 0 aliphatic carbocycles. The molecule has 0 radical (unpaired) electrons. The summed E-state index contributed by atoms with van der Waals surface area (Å²) < 4.78 is 44.0. The predicted octanol–water partition coefficient (Wildman–Crippen LogP) is 3.48. The van der Waals surface area contributed by atoms with Gasteiger partial charge in [-0.25, -0.2) is 4.79 Å². The number of anilines is 1. The summed E-state index contributed by atoms with van der Waals surface area (Å²) in [7, 11) is -0.759. The first-order valence-corrected chi connectivity index (χ1v) is 10.6. The van der Waals surface area contributed by atoms with Crippen molar-refractivity contribution < 1.29 is 27.4 Å². The van der Waals surface area contributed by atoms with Gasteiger partial charge >= 0.3 is 5.97 Å². The molecule has 3 aromatic carbocycles. The first kappa shape index (κ1) is 20.4. The monoisotopic (exact) mass is 438 g/mol. The zero-order chi connectivity index (χ0) is 22.0. The van der Waals surface area contributed by atoms with Gasteiger partial charge in [0.05, 0.1) is 19.8 Å². The number of carbonyl (C=O) groups is 1. The van der Waals surface area contributed by atoms with Gasteiger partial charge in [0.25, 0.3) is 10.0 Å². The van der Waals surface area contributed by atoms with Gasteiger partial charge < -0.3 is 19.5 Å². The fourth-order valence-corrected chi connectivity index (χ4v) is 4.24. The molecule has 8 nitrogen and oxygen atoms in total. The number of esters is 1. The van der Waals surface area contributed by atoms with E-state index in [0.717, 1.165) is 0 Å². The van der Waals surface area contributed by atoms with E-state index in [-0.39, 0.29) is 22.0 Å². The van der Waals surface area contributed by atoms with Crippen molar-refractivity contribution in [2.24, 2.45) is 4.40 Å². The second-order valence-corrected chi connectivity index (χ2v) is 8.13. The lowest BCUT2D eigenvalue weighted by Crippen LogP contribution is -2.12. The second kappa shape index (κ2) is 8.11. The molecule has 31 heavy (non-hydrogen) atoms. The van der Waals surface area contributed by atoms with Crippen LogP contribution in [0, 0.1) is 0 Å². The molecule has 1 N–H and O–H groups in total. The van der Waals surface area contributed by atoms with Gasteiger partial charge in [0, 0.05) is 23.4 Å². The van der Waals surface area contributed by atoms with E-state index < -0.39 is 16.0 Å². The molecule has 1 aliphatic rings. The maximum absolute atomic E-state index is 12.6. The van der Waals surface area contributed by atoms with Crippen LogP contribution in [0.2, 0.25) is 0 Å².